The van der Waals surface area contributed by atoms with Crippen molar-refractivity contribution in [3.8, 4) is 0 Å². The first-order valence-electron chi connectivity index (χ1n) is 6.23. The lowest BCUT2D eigenvalue weighted by molar-refractivity contribution is 0.118. The van der Waals surface area contributed by atoms with Crippen LogP contribution in [0.1, 0.15) is 25.0 Å². The molecule has 1 aromatic carbocycles. The Balaban J connectivity index is 2.53. The van der Waals surface area contributed by atoms with Crippen molar-refractivity contribution in [2.75, 3.05) is 25.1 Å². The molecule has 1 aromatic rings. The largest absolute Gasteiger partial charge is 0.389 e. The van der Waals surface area contributed by atoms with Crippen LogP contribution in [0.15, 0.2) is 18.2 Å². The molecule has 0 aliphatic rings. The van der Waals surface area contributed by atoms with E-state index in [9.17, 15) is 0 Å². The number of nitrogens with two attached hydrogens (primary N) is 1. The van der Waals surface area contributed by atoms with Crippen LogP contribution in [0.5, 0.6) is 0 Å². The van der Waals surface area contributed by atoms with Crippen LogP contribution in [0.25, 0.3) is 0 Å². The van der Waals surface area contributed by atoms with Gasteiger partial charge in [0.25, 0.3) is 0 Å². The number of thiocarbonyl (C=S) groups is 1. The highest BCUT2D eigenvalue weighted by Gasteiger charge is 2.06. The molecule has 4 heteroatoms. The van der Waals surface area contributed by atoms with E-state index in [0.717, 1.165) is 30.0 Å². The predicted octanol–water partition coefficient (Wildman–Crippen LogP) is 2.71. The number of benzene rings is 1. The number of ether oxygens (including phenoxy) is 1. The number of hydrogen-bond acceptors (Lipinski definition) is 3. The van der Waals surface area contributed by atoms with Gasteiger partial charge in [-0.1, -0.05) is 38.2 Å². The summed E-state index contributed by atoms with van der Waals surface area (Å²) in [6.45, 7) is 8.55. The summed E-state index contributed by atoms with van der Waals surface area (Å²) in [5.41, 5.74) is 8.77. The molecular weight excluding hydrogens is 244 g/mol. The van der Waals surface area contributed by atoms with E-state index in [2.05, 4.69) is 19.2 Å². The van der Waals surface area contributed by atoms with E-state index in [1.807, 2.05) is 25.1 Å². The summed E-state index contributed by atoms with van der Waals surface area (Å²) in [6.07, 6.45) is 0. The van der Waals surface area contributed by atoms with Crippen LogP contribution in [0.2, 0.25) is 0 Å². The molecule has 100 valence electrons. The van der Waals surface area contributed by atoms with Crippen molar-refractivity contribution in [2.24, 2.45) is 11.7 Å². The quantitative estimate of drug-likeness (QED) is 0.588. The minimum absolute atomic E-state index is 0.421. The lowest BCUT2D eigenvalue weighted by Gasteiger charge is -2.14. The first-order valence-corrected chi connectivity index (χ1v) is 6.64. The van der Waals surface area contributed by atoms with Gasteiger partial charge >= 0.3 is 0 Å². The smallest absolute Gasteiger partial charge is 0.106 e. The number of anilines is 1. The first kappa shape index (κ1) is 14.9. The molecule has 3 N–H and O–H groups in total. The Kier molecular flexibility index (Phi) is 6.09. The third-order valence-corrected chi connectivity index (χ3v) is 2.76. The maximum Gasteiger partial charge on any atom is 0.106 e. The fourth-order valence-corrected chi connectivity index (χ4v) is 1.85. The van der Waals surface area contributed by atoms with Gasteiger partial charge in [0, 0.05) is 24.4 Å². The highest BCUT2D eigenvalue weighted by Crippen LogP contribution is 2.20. The number of nitrogens with one attached hydrogen (secondary N) is 1. The topological polar surface area (TPSA) is 47.3 Å². The highest BCUT2D eigenvalue weighted by atomic mass is 32.1. The molecule has 0 unspecified atom stereocenters. The van der Waals surface area contributed by atoms with E-state index in [0.29, 0.717) is 17.5 Å². The molecule has 0 spiro atoms. The molecular formula is C14H22N2OS. The minimum atomic E-state index is 0.421. The molecule has 0 bridgehead atoms. The molecule has 0 aromatic heterocycles. The van der Waals surface area contributed by atoms with E-state index >= 15 is 0 Å². The molecule has 0 aliphatic heterocycles. The van der Waals surface area contributed by atoms with Gasteiger partial charge in [-0.05, 0) is 24.5 Å². The maximum absolute atomic E-state index is 5.71. The van der Waals surface area contributed by atoms with Gasteiger partial charge in [0.05, 0.1) is 6.61 Å². The van der Waals surface area contributed by atoms with E-state index in [1.54, 1.807) is 0 Å². The van der Waals surface area contributed by atoms with Crippen LogP contribution in [0.3, 0.4) is 0 Å². The molecule has 0 heterocycles. The first-order chi connectivity index (χ1) is 8.52. The summed E-state index contributed by atoms with van der Waals surface area (Å²) in [5.74, 6) is 0.565. The molecule has 18 heavy (non-hydrogen) atoms. The average molecular weight is 266 g/mol. The van der Waals surface area contributed by atoms with Crippen LogP contribution in [0.4, 0.5) is 5.69 Å². The van der Waals surface area contributed by atoms with Gasteiger partial charge in [0.1, 0.15) is 4.99 Å². The summed E-state index contributed by atoms with van der Waals surface area (Å²) in [5, 5.41) is 3.34. The van der Waals surface area contributed by atoms with Gasteiger partial charge in [-0.25, -0.2) is 0 Å². The van der Waals surface area contributed by atoms with Gasteiger partial charge < -0.3 is 15.8 Å². The molecule has 0 atom stereocenters. The maximum atomic E-state index is 5.71. The number of aryl methyl sites for hydroxylation is 1. The summed E-state index contributed by atoms with van der Waals surface area (Å²) >= 11 is 5.05. The second kappa shape index (κ2) is 7.34. The third kappa shape index (κ3) is 4.63. The predicted molar refractivity (Wildman–Crippen MR) is 81.2 cm³/mol. The van der Waals surface area contributed by atoms with E-state index < -0.39 is 0 Å². The van der Waals surface area contributed by atoms with Crippen molar-refractivity contribution in [1.82, 2.24) is 0 Å². The Bertz CT molecular complexity index is 405. The zero-order valence-electron chi connectivity index (χ0n) is 11.3. The summed E-state index contributed by atoms with van der Waals surface area (Å²) < 4.78 is 5.53. The lowest BCUT2D eigenvalue weighted by Crippen LogP contribution is -2.17. The Morgan fingerprint density at radius 1 is 1.44 bits per heavy atom. The summed E-state index contributed by atoms with van der Waals surface area (Å²) in [6, 6.07) is 5.94. The second-order valence-corrected chi connectivity index (χ2v) is 5.20. The van der Waals surface area contributed by atoms with Crippen LogP contribution in [0, 0.1) is 12.8 Å². The normalized spacial score (nSPS) is 10.7. The SMILES string of the molecule is Cc1cccc(C(N)=S)c1NCCOCC(C)C. The Hall–Kier alpha value is -1.13. The Morgan fingerprint density at radius 3 is 2.78 bits per heavy atom. The monoisotopic (exact) mass is 266 g/mol. The molecule has 0 aliphatic carbocycles. The highest BCUT2D eigenvalue weighted by molar-refractivity contribution is 7.80. The molecule has 0 fully saturated rings. The zero-order chi connectivity index (χ0) is 13.5. The average Bonchev–Trinajstić information content (AvgIpc) is 2.29. The van der Waals surface area contributed by atoms with Gasteiger partial charge in [-0.3, -0.25) is 0 Å². The molecule has 3 nitrogen and oxygen atoms in total. The lowest BCUT2D eigenvalue weighted by atomic mass is 10.1. The van der Waals surface area contributed by atoms with Crippen LogP contribution in [-0.2, 0) is 4.74 Å². The number of hydrogen-bond donors (Lipinski definition) is 2. The zero-order valence-corrected chi connectivity index (χ0v) is 12.1. The van der Waals surface area contributed by atoms with E-state index in [-0.39, 0.29) is 0 Å². The van der Waals surface area contributed by atoms with Gasteiger partial charge in [-0.15, -0.1) is 0 Å². The second-order valence-electron chi connectivity index (χ2n) is 4.76. The Morgan fingerprint density at radius 2 is 2.17 bits per heavy atom. The Labute approximate surface area is 115 Å². The van der Waals surface area contributed by atoms with Crippen molar-refractivity contribution in [2.45, 2.75) is 20.8 Å². The number of rotatable bonds is 7. The van der Waals surface area contributed by atoms with Gasteiger partial charge in [-0.2, -0.15) is 0 Å². The fraction of sp³-hybridized carbons (Fsp3) is 0.500. The van der Waals surface area contributed by atoms with E-state index in [4.69, 9.17) is 22.7 Å². The van der Waals surface area contributed by atoms with Crippen molar-refractivity contribution in [1.29, 1.82) is 0 Å². The standard InChI is InChI=1S/C14H22N2OS/c1-10(2)9-17-8-7-16-13-11(3)5-4-6-12(13)14(15)18/h4-6,10,16H,7-9H2,1-3H3,(H2,15,18). The molecule has 0 amide bonds. The van der Waals surface area contributed by atoms with Crippen LogP contribution in [-0.4, -0.2) is 24.7 Å². The number of para-hydroxylation sites is 1. The molecule has 0 saturated carbocycles. The van der Waals surface area contributed by atoms with E-state index in [1.165, 1.54) is 0 Å². The fourth-order valence-electron chi connectivity index (χ4n) is 1.67. The van der Waals surface area contributed by atoms with Gasteiger partial charge in [0.2, 0.25) is 0 Å². The van der Waals surface area contributed by atoms with Crippen molar-refractivity contribution in [3.63, 3.8) is 0 Å². The minimum Gasteiger partial charge on any atom is -0.389 e. The third-order valence-electron chi connectivity index (χ3n) is 2.54. The van der Waals surface area contributed by atoms with Crippen LogP contribution >= 0.6 is 12.2 Å². The van der Waals surface area contributed by atoms with Crippen molar-refractivity contribution in [3.05, 3.63) is 29.3 Å². The van der Waals surface area contributed by atoms with Crippen LogP contribution < -0.4 is 11.1 Å². The molecule has 1 rings (SSSR count). The molecule has 0 radical (unpaired) electrons. The van der Waals surface area contributed by atoms with Crippen molar-refractivity contribution < 1.29 is 4.74 Å². The summed E-state index contributed by atoms with van der Waals surface area (Å²) in [4.78, 5) is 0.421. The van der Waals surface area contributed by atoms with Gasteiger partial charge in [0.15, 0.2) is 0 Å². The van der Waals surface area contributed by atoms with Crippen molar-refractivity contribution >= 4 is 22.9 Å². The summed E-state index contributed by atoms with van der Waals surface area (Å²) in [7, 11) is 0. The molecule has 0 saturated heterocycles.